The van der Waals surface area contributed by atoms with E-state index in [1.165, 1.54) is 0 Å². The van der Waals surface area contributed by atoms with E-state index in [1.807, 2.05) is 0 Å². The van der Waals surface area contributed by atoms with Crippen LogP contribution in [0.15, 0.2) is 0 Å². The molecular formula is H4KO5P. The van der Waals surface area contributed by atoms with E-state index in [0.717, 1.165) is 0 Å². The minimum atomic E-state index is -4.80. The van der Waals surface area contributed by atoms with Crippen molar-refractivity contribution in [3.05, 3.63) is 0 Å². The van der Waals surface area contributed by atoms with Crippen molar-refractivity contribution in [2.45, 2.75) is 0 Å². The van der Waals surface area contributed by atoms with Gasteiger partial charge in [-0.05, 0) is 0 Å². The predicted molar refractivity (Wildman–Crippen MR) is 22.9 cm³/mol. The summed E-state index contributed by atoms with van der Waals surface area (Å²) in [5, 5.41) is 0. The molecule has 1 aliphatic rings. The Hall–Kier alpha value is 1.87. The van der Waals surface area contributed by atoms with Crippen molar-refractivity contribution in [1.82, 2.24) is 0 Å². The summed E-state index contributed by atoms with van der Waals surface area (Å²) < 4.78 is 6.76. The first kappa shape index (κ1) is 8.87. The maximum absolute atomic E-state index is 7.89. The zero-order chi connectivity index (χ0) is 4.86. The first-order valence-corrected chi connectivity index (χ1v) is 3.06. The van der Waals surface area contributed by atoms with Crippen LogP contribution in [0.25, 0.3) is 0 Å². The molecule has 0 radical (unpaired) electrons. The second-order valence-corrected chi connectivity index (χ2v) is 2.95. The molecule has 1 fully saturated rings. The van der Waals surface area contributed by atoms with E-state index < -0.39 is 7.74 Å². The summed E-state index contributed by atoms with van der Waals surface area (Å²) in [5.74, 6) is 0. The van der Waals surface area contributed by atoms with Crippen LogP contribution in [-0.2, 0) is 9.35 Å². The van der Waals surface area contributed by atoms with Crippen molar-refractivity contribution in [2.24, 2.45) is 0 Å². The van der Waals surface area contributed by atoms with Crippen molar-refractivity contribution in [2.75, 3.05) is 0 Å². The SMILES string of the molecule is OP1(O)(O)OO1.[KH]. The van der Waals surface area contributed by atoms with E-state index in [1.54, 1.807) is 0 Å². The normalized spacial score (nSPS) is 36.7. The van der Waals surface area contributed by atoms with Gasteiger partial charge in [0.1, 0.15) is 0 Å². The molecule has 0 spiro atoms. The van der Waals surface area contributed by atoms with Gasteiger partial charge in [0.15, 0.2) is 0 Å². The van der Waals surface area contributed by atoms with Crippen LogP contribution in [-0.4, -0.2) is 66.1 Å². The molecule has 3 N–H and O–H groups in total. The molecule has 7 heteroatoms. The van der Waals surface area contributed by atoms with Gasteiger partial charge in [-0.15, -0.1) is 0 Å². The van der Waals surface area contributed by atoms with Gasteiger partial charge in [-0.25, -0.2) is 0 Å². The molecule has 0 aliphatic carbocycles. The average Bonchev–Trinajstić information content (AvgIpc) is 1.73. The van der Waals surface area contributed by atoms with Crippen molar-refractivity contribution in [1.29, 1.82) is 0 Å². The number of hydrogen-bond acceptors (Lipinski definition) is 5. The second kappa shape index (κ2) is 1.93. The Labute approximate surface area is 81.9 Å². The van der Waals surface area contributed by atoms with Crippen LogP contribution in [0.4, 0.5) is 0 Å². The van der Waals surface area contributed by atoms with E-state index in [-0.39, 0.29) is 51.4 Å². The van der Waals surface area contributed by atoms with Gasteiger partial charge in [0.2, 0.25) is 0 Å². The van der Waals surface area contributed by atoms with E-state index in [4.69, 9.17) is 14.7 Å². The summed E-state index contributed by atoms with van der Waals surface area (Å²) in [6.07, 6.45) is 0. The summed E-state index contributed by atoms with van der Waals surface area (Å²) >= 11 is 0. The molecule has 0 atom stereocenters. The Morgan fingerprint density at radius 2 is 1.14 bits per heavy atom. The predicted octanol–water partition coefficient (Wildman–Crippen LogP) is -1.60. The molecule has 0 bridgehead atoms. The zero-order valence-electron chi connectivity index (χ0n) is 2.61. The fourth-order valence-electron chi connectivity index (χ4n) is 0.0447. The van der Waals surface area contributed by atoms with E-state index in [9.17, 15) is 0 Å². The van der Waals surface area contributed by atoms with Crippen LogP contribution >= 0.6 is 7.74 Å². The number of hydrogen-bond donors (Lipinski definition) is 3. The fourth-order valence-corrected chi connectivity index (χ4v) is 0.402. The molecular weight excluding hydrogens is 150 g/mol. The Morgan fingerprint density at radius 3 is 1.14 bits per heavy atom. The maximum atomic E-state index is 7.89. The third-order valence-corrected chi connectivity index (χ3v) is 0.824. The van der Waals surface area contributed by atoms with Crippen molar-refractivity contribution >= 4 is 59.1 Å². The molecule has 0 aromatic rings. The van der Waals surface area contributed by atoms with Crippen LogP contribution in [0, 0.1) is 0 Å². The second-order valence-electron chi connectivity index (χ2n) is 0.982. The van der Waals surface area contributed by atoms with Gasteiger partial charge in [0.05, 0.1) is 0 Å². The summed E-state index contributed by atoms with van der Waals surface area (Å²) in [7, 11) is -4.80. The molecule has 7 heavy (non-hydrogen) atoms. The quantitative estimate of drug-likeness (QED) is 0.169. The van der Waals surface area contributed by atoms with Gasteiger partial charge >= 0.3 is 83.2 Å². The summed E-state index contributed by atoms with van der Waals surface area (Å²) in [6.45, 7) is 0. The van der Waals surface area contributed by atoms with Crippen LogP contribution in [0.1, 0.15) is 0 Å². The Bertz CT molecular complexity index is 71.8. The van der Waals surface area contributed by atoms with Crippen molar-refractivity contribution in [3.8, 4) is 0 Å². The van der Waals surface area contributed by atoms with Crippen LogP contribution in [0.3, 0.4) is 0 Å². The van der Waals surface area contributed by atoms with E-state index in [2.05, 4.69) is 9.35 Å². The molecule has 40 valence electrons. The van der Waals surface area contributed by atoms with E-state index >= 15 is 0 Å². The third kappa shape index (κ3) is 3.44. The summed E-state index contributed by atoms with van der Waals surface area (Å²) in [4.78, 5) is 23.7. The molecule has 5 nitrogen and oxygen atoms in total. The molecule has 0 saturated carbocycles. The first-order chi connectivity index (χ1) is 2.47. The molecule has 1 heterocycles. The monoisotopic (exact) mass is 154 g/mol. The van der Waals surface area contributed by atoms with E-state index in [0.29, 0.717) is 0 Å². The zero-order valence-corrected chi connectivity index (χ0v) is 3.50. The van der Waals surface area contributed by atoms with Gasteiger partial charge in [-0.2, -0.15) is 0 Å². The van der Waals surface area contributed by atoms with Crippen LogP contribution < -0.4 is 0 Å². The van der Waals surface area contributed by atoms with Crippen LogP contribution in [0.2, 0.25) is 0 Å². The molecule has 1 rings (SSSR count). The summed E-state index contributed by atoms with van der Waals surface area (Å²) in [5.41, 5.74) is 0. The van der Waals surface area contributed by atoms with Gasteiger partial charge in [0, 0.05) is 0 Å². The Balaban J connectivity index is 0.000000360. The standard InChI is InChI=1S/K.H3O5P.H/c;1-6(2,3)4-5-6;/h;1-3H;. The van der Waals surface area contributed by atoms with Gasteiger partial charge in [-0.3, -0.25) is 0 Å². The van der Waals surface area contributed by atoms with Gasteiger partial charge < -0.3 is 0 Å². The molecule has 0 aromatic heterocycles. The van der Waals surface area contributed by atoms with Crippen LogP contribution in [0.5, 0.6) is 0 Å². The first-order valence-electron chi connectivity index (χ1n) is 1.13. The average molecular weight is 154 g/mol. The minimum absolute atomic E-state index is 0. The van der Waals surface area contributed by atoms with Crippen molar-refractivity contribution < 1.29 is 24.0 Å². The number of rotatable bonds is 0. The topological polar surface area (TPSA) is 85.8 Å². The molecule has 0 unspecified atom stereocenters. The fraction of sp³-hybridized carbons (Fsp3) is 0. The van der Waals surface area contributed by atoms with Gasteiger partial charge in [0.25, 0.3) is 0 Å². The summed E-state index contributed by atoms with van der Waals surface area (Å²) in [6, 6.07) is 0. The molecule has 1 saturated heterocycles. The molecule has 0 amide bonds. The third-order valence-electron chi connectivity index (χ3n) is 0.275. The van der Waals surface area contributed by atoms with Crippen molar-refractivity contribution in [3.63, 3.8) is 0 Å². The Morgan fingerprint density at radius 1 is 1.00 bits per heavy atom. The molecule has 1 aliphatic heterocycles. The van der Waals surface area contributed by atoms with Gasteiger partial charge in [-0.1, -0.05) is 0 Å². The molecule has 0 aromatic carbocycles. The Kier molecular flexibility index (Phi) is 2.44.